The predicted octanol–water partition coefficient (Wildman–Crippen LogP) is 0.458. The smallest absolute Gasteiger partial charge is 0.143 e. The van der Waals surface area contributed by atoms with Gasteiger partial charge < -0.3 is 5.73 Å². The van der Waals surface area contributed by atoms with E-state index in [2.05, 4.69) is 24.6 Å². The molecule has 0 aromatic rings. The number of rotatable bonds is 4. The van der Waals surface area contributed by atoms with Crippen molar-refractivity contribution in [3.63, 3.8) is 0 Å². The summed E-state index contributed by atoms with van der Waals surface area (Å²) in [6.45, 7) is 7.20. The lowest BCUT2D eigenvalue weighted by Gasteiger charge is -1.96. The molecule has 0 unspecified atom stereocenters. The molecule has 0 fully saturated rings. The first kappa shape index (κ1) is 8.63. The van der Waals surface area contributed by atoms with Crippen LogP contribution in [0.3, 0.4) is 0 Å². The molecule has 0 heterocycles. The van der Waals surface area contributed by atoms with Gasteiger partial charge in [0.15, 0.2) is 0 Å². The maximum absolute atomic E-state index is 5.35. The van der Waals surface area contributed by atoms with Gasteiger partial charge in [0.25, 0.3) is 0 Å². The molecule has 2 heteroatoms. The molecule has 2 N–H and O–H groups in total. The summed E-state index contributed by atoms with van der Waals surface area (Å²) >= 11 is 0. The highest BCUT2D eigenvalue weighted by Gasteiger charge is 1.94. The van der Waals surface area contributed by atoms with Gasteiger partial charge in [-0.05, 0) is 13.5 Å². The van der Waals surface area contributed by atoms with Crippen LogP contribution in [-0.2, 0) is 0 Å². The quantitative estimate of drug-likeness (QED) is 0.433. The minimum Gasteiger partial charge on any atom is -0.330 e. The van der Waals surface area contributed by atoms with Crippen molar-refractivity contribution >= 4 is 6.21 Å². The van der Waals surface area contributed by atoms with Crippen molar-refractivity contribution in [2.24, 2.45) is 5.73 Å². The molecular formula is C7H17N2+. The van der Waals surface area contributed by atoms with Gasteiger partial charge in [-0.25, -0.2) is 4.58 Å². The summed E-state index contributed by atoms with van der Waals surface area (Å²) in [5.41, 5.74) is 5.35. The molecule has 0 saturated heterocycles. The summed E-state index contributed by atoms with van der Waals surface area (Å²) in [5, 5.41) is 0. The molecule has 54 valence electrons. The van der Waals surface area contributed by atoms with Crippen molar-refractivity contribution in [2.75, 3.05) is 19.6 Å². The first-order valence-corrected chi connectivity index (χ1v) is 3.58. The standard InChI is InChI=1S/C7H17N2/c1-3-9(4-2)7-5-6-8/h3H,4-8H2,1-2H3/q+1. The second-order valence-corrected chi connectivity index (χ2v) is 2.03. The molecule has 0 aromatic heterocycles. The Morgan fingerprint density at radius 3 is 2.56 bits per heavy atom. The van der Waals surface area contributed by atoms with Crippen LogP contribution in [0.25, 0.3) is 0 Å². The lowest BCUT2D eigenvalue weighted by atomic mass is 10.4. The van der Waals surface area contributed by atoms with E-state index in [1.54, 1.807) is 0 Å². The van der Waals surface area contributed by atoms with E-state index in [0.29, 0.717) is 0 Å². The first-order chi connectivity index (χ1) is 4.35. The van der Waals surface area contributed by atoms with Crippen molar-refractivity contribution in [2.45, 2.75) is 20.3 Å². The van der Waals surface area contributed by atoms with E-state index >= 15 is 0 Å². The van der Waals surface area contributed by atoms with E-state index in [-0.39, 0.29) is 0 Å². The van der Waals surface area contributed by atoms with E-state index < -0.39 is 0 Å². The minimum atomic E-state index is 0.796. The Bertz CT molecular complexity index is 86.9. The Kier molecular flexibility index (Phi) is 5.52. The summed E-state index contributed by atoms with van der Waals surface area (Å²) in [7, 11) is 0. The number of hydrogen-bond acceptors (Lipinski definition) is 1. The number of nitrogens with two attached hydrogens (primary N) is 1. The third kappa shape index (κ3) is 4.15. The Hall–Kier alpha value is -0.370. The highest BCUT2D eigenvalue weighted by molar-refractivity contribution is 5.46. The summed E-state index contributed by atoms with van der Waals surface area (Å²) in [5.74, 6) is 0. The molecule has 0 aromatic carbocycles. The molecule has 9 heavy (non-hydrogen) atoms. The van der Waals surface area contributed by atoms with Gasteiger partial charge in [-0.3, -0.25) is 0 Å². The lowest BCUT2D eigenvalue weighted by molar-refractivity contribution is -0.520. The van der Waals surface area contributed by atoms with Gasteiger partial charge in [0, 0.05) is 13.3 Å². The summed E-state index contributed by atoms with van der Waals surface area (Å²) < 4.78 is 2.26. The van der Waals surface area contributed by atoms with E-state index in [9.17, 15) is 0 Å². The van der Waals surface area contributed by atoms with Crippen LogP contribution in [0.2, 0.25) is 0 Å². The van der Waals surface area contributed by atoms with E-state index in [1.165, 1.54) is 0 Å². The molecule has 0 saturated carbocycles. The highest BCUT2D eigenvalue weighted by atomic mass is 15.0. The molecule has 0 rings (SSSR count). The molecule has 0 spiro atoms. The van der Waals surface area contributed by atoms with E-state index in [1.807, 2.05) is 0 Å². The molecule has 0 radical (unpaired) electrons. The topological polar surface area (TPSA) is 29.0 Å². The molecule has 0 amide bonds. The first-order valence-electron chi connectivity index (χ1n) is 3.58. The fourth-order valence-corrected chi connectivity index (χ4v) is 0.764. The van der Waals surface area contributed by atoms with Crippen LogP contribution in [0.15, 0.2) is 0 Å². The van der Waals surface area contributed by atoms with Crippen molar-refractivity contribution in [3.05, 3.63) is 0 Å². The van der Waals surface area contributed by atoms with Crippen LogP contribution in [0.5, 0.6) is 0 Å². The zero-order valence-corrected chi connectivity index (χ0v) is 6.43. The third-order valence-electron chi connectivity index (χ3n) is 1.42. The van der Waals surface area contributed by atoms with Crippen molar-refractivity contribution in [1.29, 1.82) is 0 Å². The normalized spacial score (nSPS) is 12.1. The van der Waals surface area contributed by atoms with Crippen molar-refractivity contribution in [1.82, 2.24) is 0 Å². The van der Waals surface area contributed by atoms with Crippen LogP contribution in [0.4, 0.5) is 0 Å². The van der Waals surface area contributed by atoms with Gasteiger partial charge >= 0.3 is 0 Å². The minimum absolute atomic E-state index is 0.796. The van der Waals surface area contributed by atoms with Crippen molar-refractivity contribution < 1.29 is 4.58 Å². The highest BCUT2D eigenvalue weighted by Crippen LogP contribution is 1.77. The summed E-state index contributed by atoms with van der Waals surface area (Å²) in [4.78, 5) is 0. The van der Waals surface area contributed by atoms with Crippen LogP contribution in [-0.4, -0.2) is 30.4 Å². The van der Waals surface area contributed by atoms with Gasteiger partial charge in [0.1, 0.15) is 19.3 Å². The zero-order valence-electron chi connectivity index (χ0n) is 6.43. The number of nitrogens with zero attached hydrogens (tertiary/aromatic N) is 1. The van der Waals surface area contributed by atoms with Crippen molar-refractivity contribution in [3.8, 4) is 0 Å². The molecule has 0 bridgehead atoms. The predicted molar refractivity (Wildman–Crippen MR) is 41.1 cm³/mol. The SMILES string of the molecule is CC=[N+](CC)CCCN. The molecule has 0 aliphatic carbocycles. The Morgan fingerprint density at radius 2 is 2.22 bits per heavy atom. The average molecular weight is 129 g/mol. The number of hydrogen-bond donors (Lipinski definition) is 1. The Balaban J connectivity index is 3.33. The summed E-state index contributed by atoms with van der Waals surface area (Å²) in [6, 6.07) is 0. The Morgan fingerprint density at radius 1 is 1.56 bits per heavy atom. The van der Waals surface area contributed by atoms with Crippen LogP contribution in [0, 0.1) is 0 Å². The lowest BCUT2D eigenvalue weighted by Crippen LogP contribution is -2.16. The average Bonchev–Trinajstić information content (AvgIpc) is 1.91. The molecular weight excluding hydrogens is 112 g/mol. The van der Waals surface area contributed by atoms with Crippen LogP contribution < -0.4 is 5.73 Å². The monoisotopic (exact) mass is 129 g/mol. The van der Waals surface area contributed by atoms with E-state index in [0.717, 1.165) is 26.1 Å². The molecule has 2 nitrogen and oxygen atoms in total. The summed E-state index contributed by atoms with van der Waals surface area (Å²) in [6.07, 6.45) is 3.20. The van der Waals surface area contributed by atoms with E-state index in [4.69, 9.17) is 5.73 Å². The van der Waals surface area contributed by atoms with Gasteiger partial charge in [-0.15, -0.1) is 0 Å². The Labute approximate surface area is 57.4 Å². The zero-order chi connectivity index (χ0) is 7.11. The molecule has 0 aliphatic heterocycles. The maximum Gasteiger partial charge on any atom is 0.143 e. The fourth-order valence-electron chi connectivity index (χ4n) is 0.764. The molecule has 0 atom stereocenters. The van der Waals surface area contributed by atoms with Gasteiger partial charge in [0.2, 0.25) is 0 Å². The largest absolute Gasteiger partial charge is 0.330 e. The second-order valence-electron chi connectivity index (χ2n) is 2.03. The fraction of sp³-hybridized carbons (Fsp3) is 0.857. The van der Waals surface area contributed by atoms with Gasteiger partial charge in [0.05, 0.1) is 0 Å². The van der Waals surface area contributed by atoms with Gasteiger partial charge in [-0.1, -0.05) is 0 Å². The molecule has 0 aliphatic rings. The third-order valence-corrected chi connectivity index (χ3v) is 1.42. The second kappa shape index (κ2) is 5.76. The maximum atomic E-state index is 5.35. The van der Waals surface area contributed by atoms with Crippen LogP contribution in [0.1, 0.15) is 20.3 Å². The van der Waals surface area contributed by atoms with Crippen LogP contribution >= 0.6 is 0 Å². The van der Waals surface area contributed by atoms with Gasteiger partial charge in [-0.2, -0.15) is 0 Å².